The van der Waals surface area contributed by atoms with Gasteiger partial charge in [-0.2, -0.15) is 0 Å². The summed E-state index contributed by atoms with van der Waals surface area (Å²) >= 11 is 6.29. The predicted octanol–water partition coefficient (Wildman–Crippen LogP) is 3.66. The highest BCUT2D eigenvalue weighted by Crippen LogP contribution is 2.38. The number of hydrogen-bond donors (Lipinski definition) is 0. The number of piperazine rings is 1. The number of rotatable bonds is 5. The summed E-state index contributed by atoms with van der Waals surface area (Å²) in [6, 6.07) is 16.0. The van der Waals surface area contributed by atoms with E-state index >= 15 is 0 Å². The molecule has 1 amide bonds. The molecule has 2 aliphatic heterocycles. The summed E-state index contributed by atoms with van der Waals surface area (Å²) in [5, 5.41) is 0.674. The van der Waals surface area contributed by atoms with Crippen LogP contribution in [-0.4, -0.2) is 61.1 Å². The van der Waals surface area contributed by atoms with Gasteiger partial charge in [-0.1, -0.05) is 48.9 Å². The van der Waals surface area contributed by atoms with E-state index in [0.29, 0.717) is 18.1 Å². The van der Waals surface area contributed by atoms with Gasteiger partial charge in [-0.25, -0.2) is 0 Å². The third-order valence-corrected chi connectivity index (χ3v) is 6.12. The second-order valence-electron chi connectivity index (χ2n) is 7.71. The van der Waals surface area contributed by atoms with Crippen molar-refractivity contribution in [1.29, 1.82) is 0 Å². The van der Waals surface area contributed by atoms with Crippen LogP contribution in [0.3, 0.4) is 0 Å². The lowest BCUT2D eigenvalue weighted by Gasteiger charge is -2.40. The van der Waals surface area contributed by atoms with Gasteiger partial charge in [-0.3, -0.25) is 4.79 Å². The van der Waals surface area contributed by atoms with Gasteiger partial charge < -0.3 is 19.4 Å². The quantitative estimate of drug-likeness (QED) is 0.749. The topological polar surface area (TPSA) is 36.0 Å². The van der Waals surface area contributed by atoms with E-state index in [1.807, 2.05) is 41.3 Å². The van der Waals surface area contributed by atoms with E-state index in [9.17, 15) is 4.79 Å². The molecule has 0 radical (unpaired) electrons. The maximum Gasteiger partial charge on any atom is 0.224 e. The lowest BCUT2D eigenvalue weighted by molar-refractivity contribution is -0.133. The Morgan fingerprint density at radius 1 is 1.10 bits per heavy atom. The molecule has 1 saturated heterocycles. The molecule has 0 aromatic heterocycles. The van der Waals surface area contributed by atoms with E-state index in [1.54, 1.807) is 0 Å². The average molecular weight is 414 g/mol. The normalized spacial score (nSPS) is 19.6. The van der Waals surface area contributed by atoms with Crippen molar-refractivity contribution in [3.63, 3.8) is 0 Å². The molecule has 2 aromatic carbocycles. The highest BCUT2D eigenvalue weighted by atomic mass is 35.5. The standard InChI is InChI=1S/C23H28ClN3O2/c1-2-25-10-12-26(13-11-25)23(28)15-20-17-29-22-9-8-19(24)14-21(22)27(20)16-18-6-4-3-5-7-18/h3-9,14,20H,2,10-13,15-17H2,1H3. The maximum absolute atomic E-state index is 13.0. The fourth-order valence-corrected chi connectivity index (χ4v) is 4.28. The number of halogens is 1. The lowest BCUT2D eigenvalue weighted by Crippen LogP contribution is -2.51. The van der Waals surface area contributed by atoms with Crippen molar-refractivity contribution in [3.05, 3.63) is 59.1 Å². The summed E-state index contributed by atoms with van der Waals surface area (Å²) in [5.41, 5.74) is 2.16. The number of carbonyl (C=O) groups is 1. The van der Waals surface area contributed by atoms with E-state index in [2.05, 4.69) is 28.9 Å². The number of fused-ring (bicyclic) bond motifs is 1. The Morgan fingerprint density at radius 2 is 1.86 bits per heavy atom. The Kier molecular flexibility index (Phi) is 6.26. The minimum atomic E-state index is -0.0159. The first-order valence-corrected chi connectivity index (χ1v) is 10.7. The summed E-state index contributed by atoms with van der Waals surface area (Å²) in [7, 11) is 0. The number of anilines is 1. The molecule has 1 fully saturated rings. The van der Waals surface area contributed by atoms with E-state index < -0.39 is 0 Å². The van der Waals surface area contributed by atoms with Gasteiger partial charge in [-0.15, -0.1) is 0 Å². The highest BCUT2D eigenvalue weighted by Gasteiger charge is 2.31. The van der Waals surface area contributed by atoms with Crippen LogP contribution in [0.2, 0.25) is 5.02 Å². The maximum atomic E-state index is 13.0. The lowest BCUT2D eigenvalue weighted by atomic mass is 10.1. The van der Waals surface area contributed by atoms with Gasteiger partial charge in [0.15, 0.2) is 0 Å². The first-order chi connectivity index (χ1) is 14.1. The van der Waals surface area contributed by atoms with Crippen LogP contribution in [0.5, 0.6) is 5.75 Å². The molecule has 0 bridgehead atoms. The molecule has 0 aliphatic carbocycles. The molecule has 2 aromatic rings. The van der Waals surface area contributed by atoms with Crippen molar-refractivity contribution < 1.29 is 9.53 Å². The Hall–Kier alpha value is -2.24. The minimum Gasteiger partial charge on any atom is -0.489 e. The van der Waals surface area contributed by atoms with Gasteiger partial charge in [-0.05, 0) is 30.3 Å². The van der Waals surface area contributed by atoms with Crippen LogP contribution in [0, 0.1) is 0 Å². The van der Waals surface area contributed by atoms with Crippen LogP contribution < -0.4 is 9.64 Å². The van der Waals surface area contributed by atoms with Crippen molar-refractivity contribution in [2.24, 2.45) is 0 Å². The van der Waals surface area contributed by atoms with Gasteiger partial charge in [0.1, 0.15) is 12.4 Å². The van der Waals surface area contributed by atoms with Crippen molar-refractivity contribution >= 4 is 23.2 Å². The monoisotopic (exact) mass is 413 g/mol. The number of nitrogens with zero attached hydrogens (tertiary/aromatic N) is 3. The fourth-order valence-electron chi connectivity index (χ4n) is 4.12. The molecule has 1 unspecified atom stereocenters. The zero-order valence-electron chi connectivity index (χ0n) is 16.9. The summed E-state index contributed by atoms with van der Waals surface area (Å²) in [4.78, 5) is 19.7. The minimum absolute atomic E-state index is 0.0159. The molecular formula is C23H28ClN3O2. The van der Waals surface area contributed by atoms with Crippen LogP contribution >= 0.6 is 11.6 Å². The Bertz CT molecular complexity index is 837. The Morgan fingerprint density at radius 3 is 2.59 bits per heavy atom. The second-order valence-corrected chi connectivity index (χ2v) is 8.15. The van der Waals surface area contributed by atoms with Gasteiger partial charge >= 0.3 is 0 Å². The van der Waals surface area contributed by atoms with Crippen molar-refractivity contribution in [2.75, 3.05) is 44.2 Å². The molecule has 0 N–H and O–H groups in total. The van der Waals surface area contributed by atoms with E-state index in [1.165, 1.54) is 5.56 Å². The summed E-state index contributed by atoms with van der Waals surface area (Å²) in [6.45, 7) is 7.96. The van der Waals surface area contributed by atoms with Crippen LogP contribution in [0.25, 0.3) is 0 Å². The number of hydrogen-bond acceptors (Lipinski definition) is 4. The van der Waals surface area contributed by atoms with Crippen LogP contribution in [0.15, 0.2) is 48.5 Å². The van der Waals surface area contributed by atoms with Gasteiger partial charge in [0.25, 0.3) is 0 Å². The Labute approximate surface area is 177 Å². The molecule has 154 valence electrons. The first kappa shape index (κ1) is 20.0. The van der Waals surface area contributed by atoms with Crippen LogP contribution in [0.4, 0.5) is 5.69 Å². The van der Waals surface area contributed by atoms with Gasteiger partial charge in [0, 0.05) is 37.7 Å². The first-order valence-electron chi connectivity index (χ1n) is 10.4. The van der Waals surface area contributed by atoms with Crippen LogP contribution in [-0.2, 0) is 11.3 Å². The average Bonchev–Trinajstić information content (AvgIpc) is 2.76. The van der Waals surface area contributed by atoms with Crippen molar-refractivity contribution in [1.82, 2.24) is 9.80 Å². The summed E-state index contributed by atoms with van der Waals surface area (Å²) < 4.78 is 6.00. The predicted molar refractivity (Wildman–Crippen MR) is 117 cm³/mol. The molecule has 2 heterocycles. The molecule has 6 heteroatoms. The Balaban J connectivity index is 1.52. The number of carbonyl (C=O) groups excluding carboxylic acids is 1. The molecule has 0 spiro atoms. The molecule has 1 atom stereocenters. The smallest absolute Gasteiger partial charge is 0.224 e. The SMILES string of the molecule is CCN1CCN(C(=O)CC2COc3ccc(Cl)cc3N2Cc2ccccc2)CC1. The number of amides is 1. The third-order valence-electron chi connectivity index (χ3n) is 5.88. The molecular weight excluding hydrogens is 386 g/mol. The fraction of sp³-hybridized carbons (Fsp3) is 0.435. The molecule has 29 heavy (non-hydrogen) atoms. The van der Waals surface area contributed by atoms with Crippen molar-refractivity contribution in [3.8, 4) is 5.75 Å². The van der Waals surface area contributed by atoms with Gasteiger partial charge in [0.05, 0.1) is 18.2 Å². The number of benzene rings is 2. The molecule has 0 saturated carbocycles. The number of likely N-dealkylation sites (N-methyl/N-ethyl adjacent to an activating group) is 1. The largest absolute Gasteiger partial charge is 0.489 e. The zero-order chi connectivity index (χ0) is 20.2. The highest BCUT2D eigenvalue weighted by molar-refractivity contribution is 6.31. The zero-order valence-corrected chi connectivity index (χ0v) is 17.6. The molecule has 5 nitrogen and oxygen atoms in total. The van der Waals surface area contributed by atoms with E-state index in [-0.39, 0.29) is 11.9 Å². The summed E-state index contributed by atoms with van der Waals surface area (Å²) in [6.07, 6.45) is 0.449. The van der Waals surface area contributed by atoms with Gasteiger partial charge in [0.2, 0.25) is 5.91 Å². The van der Waals surface area contributed by atoms with Crippen LogP contribution in [0.1, 0.15) is 18.9 Å². The number of ether oxygens (including phenoxy) is 1. The second kappa shape index (κ2) is 9.06. The molecule has 4 rings (SSSR count). The van der Waals surface area contributed by atoms with E-state index in [0.717, 1.165) is 50.7 Å². The van der Waals surface area contributed by atoms with Crippen molar-refractivity contribution in [2.45, 2.75) is 25.9 Å². The summed E-state index contributed by atoms with van der Waals surface area (Å²) in [5.74, 6) is 1.03. The third kappa shape index (κ3) is 4.68. The van der Waals surface area contributed by atoms with E-state index in [4.69, 9.17) is 16.3 Å². The molecule has 2 aliphatic rings.